The summed E-state index contributed by atoms with van der Waals surface area (Å²) in [6.45, 7) is 8.51. The molecule has 2 N–H and O–H groups in total. The summed E-state index contributed by atoms with van der Waals surface area (Å²) >= 11 is 1.71. The topological polar surface area (TPSA) is 46.3 Å². The van der Waals surface area contributed by atoms with E-state index in [1.54, 1.807) is 11.3 Å². The first-order chi connectivity index (χ1) is 9.84. The number of nitrogens with zero attached hydrogens (tertiary/aromatic N) is 1. The van der Waals surface area contributed by atoms with Crippen LogP contribution in [-0.4, -0.2) is 29.9 Å². The van der Waals surface area contributed by atoms with Crippen molar-refractivity contribution in [2.24, 2.45) is 17.1 Å². The van der Waals surface area contributed by atoms with Gasteiger partial charge in [-0.2, -0.15) is 0 Å². The largest absolute Gasteiger partial charge is 0.336 e. The zero-order chi connectivity index (χ0) is 15.2. The molecule has 0 aromatic carbocycles. The van der Waals surface area contributed by atoms with Gasteiger partial charge in [0.25, 0.3) is 5.91 Å². The summed E-state index contributed by atoms with van der Waals surface area (Å²) in [7, 11) is 0. The van der Waals surface area contributed by atoms with Crippen molar-refractivity contribution in [2.45, 2.75) is 52.5 Å². The number of aryl methyl sites for hydroxylation is 1. The zero-order valence-electron chi connectivity index (χ0n) is 13.3. The average molecular weight is 306 g/mol. The summed E-state index contributed by atoms with van der Waals surface area (Å²) < 4.78 is 0. The molecule has 116 valence electrons. The predicted molar refractivity (Wildman–Crippen MR) is 87.8 cm³/mol. The minimum Gasteiger partial charge on any atom is -0.336 e. The maximum atomic E-state index is 12.6. The first kappa shape index (κ1) is 15.0. The Balaban J connectivity index is 1.76. The van der Waals surface area contributed by atoms with E-state index in [2.05, 4.69) is 26.8 Å². The number of carbonyl (C=O) groups is 1. The number of rotatable bonds is 1. The first-order valence-electron chi connectivity index (χ1n) is 8.01. The van der Waals surface area contributed by atoms with Crippen LogP contribution in [0.2, 0.25) is 0 Å². The highest BCUT2D eigenvalue weighted by Gasteiger charge is 2.32. The fourth-order valence-corrected chi connectivity index (χ4v) is 4.67. The van der Waals surface area contributed by atoms with E-state index >= 15 is 0 Å². The Bertz CT molecular complexity index is 543. The van der Waals surface area contributed by atoms with Gasteiger partial charge in [0, 0.05) is 24.0 Å². The monoisotopic (exact) mass is 306 g/mol. The van der Waals surface area contributed by atoms with Gasteiger partial charge in [-0.3, -0.25) is 4.79 Å². The van der Waals surface area contributed by atoms with Crippen molar-refractivity contribution in [1.29, 1.82) is 0 Å². The van der Waals surface area contributed by atoms with Gasteiger partial charge in [0.05, 0.1) is 4.88 Å². The quantitative estimate of drug-likeness (QED) is 0.866. The lowest BCUT2D eigenvalue weighted by molar-refractivity contribution is 0.0795. The third-order valence-corrected chi connectivity index (χ3v) is 6.26. The Kier molecular flexibility index (Phi) is 3.87. The van der Waals surface area contributed by atoms with Crippen molar-refractivity contribution in [1.82, 2.24) is 4.90 Å². The van der Waals surface area contributed by atoms with E-state index in [0.717, 1.165) is 36.6 Å². The van der Waals surface area contributed by atoms with Crippen LogP contribution >= 0.6 is 11.3 Å². The fourth-order valence-electron chi connectivity index (χ4n) is 3.50. The molecule has 1 aromatic rings. The molecule has 4 heteroatoms. The second kappa shape index (κ2) is 5.40. The van der Waals surface area contributed by atoms with Crippen LogP contribution in [0.1, 0.15) is 53.7 Å². The van der Waals surface area contributed by atoms with Crippen molar-refractivity contribution in [3.63, 3.8) is 0 Å². The molecule has 21 heavy (non-hydrogen) atoms. The van der Waals surface area contributed by atoms with Gasteiger partial charge in [0.15, 0.2) is 0 Å². The van der Waals surface area contributed by atoms with Gasteiger partial charge in [0.1, 0.15) is 0 Å². The van der Waals surface area contributed by atoms with Gasteiger partial charge in [-0.25, -0.2) is 0 Å². The highest BCUT2D eigenvalue weighted by molar-refractivity contribution is 7.14. The van der Waals surface area contributed by atoms with Gasteiger partial charge in [-0.05, 0) is 48.6 Å². The molecule has 1 amide bonds. The van der Waals surface area contributed by atoms with Crippen molar-refractivity contribution < 1.29 is 4.79 Å². The zero-order valence-corrected chi connectivity index (χ0v) is 14.1. The summed E-state index contributed by atoms with van der Waals surface area (Å²) in [4.78, 5) is 16.8. The smallest absolute Gasteiger partial charge is 0.263 e. The van der Waals surface area contributed by atoms with Crippen LogP contribution in [0.4, 0.5) is 0 Å². The Morgan fingerprint density at radius 2 is 2.14 bits per heavy atom. The molecular formula is C17H26N2OS. The number of amides is 1. The molecule has 3 rings (SSSR count). The molecule has 0 radical (unpaired) electrons. The standard InChI is InChI=1S/C17H26N2OS/c1-17(2,3)12-4-5-14-11(8-12)9-15(21-14)16(20)19-7-6-13(18)10-19/h9,12-13H,4-8,10,18H2,1-3H3/t12?,13-/m1/s1. The fraction of sp³-hybridized carbons (Fsp3) is 0.706. The molecular weight excluding hydrogens is 280 g/mol. The number of fused-ring (bicyclic) bond motifs is 1. The van der Waals surface area contributed by atoms with Crippen LogP contribution < -0.4 is 5.73 Å². The van der Waals surface area contributed by atoms with Gasteiger partial charge in [-0.15, -0.1) is 11.3 Å². The molecule has 1 aromatic heterocycles. The molecule has 1 aliphatic carbocycles. The van der Waals surface area contributed by atoms with Crippen LogP contribution in [0, 0.1) is 11.3 Å². The maximum Gasteiger partial charge on any atom is 0.263 e. The van der Waals surface area contributed by atoms with Crippen LogP contribution in [0.5, 0.6) is 0 Å². The summed E-state index contributed by atoms with van der Waals surface area (Å²) in [6, 6.07) is 2.32. The lowest BCUT2D eigenvalue weighted by Gasteiger charge is -2.33. The summed E-state index contributed by atoms with van der Waals surface area (Å²) in [5.74, 6) is 0.914. The molecule has 2 aliphatic rings. The highest BCUT2D eigenvalue weighted by Crippen LogP contribution is 2.40. The number of carbonyl (C=O) groups excluding carboxylic acids is 1. The van der Waals surface area contributed by atoms with Crippen molar-refractivity contribution in [2.75, 3.05) is 13.1 Å². The van der Waals surface area contributed by atoms with E-state index in [1.165, 1.54) is 16.9 Å². The molecule has 0 spiro atoms. The molecule has 0 saturated carbocycles. The first-order valence-corrected chi connectivity index (χ1v) is 8.82. The van der Waals surface area contributed by atoms with E-state index in [-0.39, 0.29) is 11.9 Å². The number of hydrogen-bond donors (Lipinski definition) is 1. The Labute approximate surface area is 131 Å². The van der Waals surface area contributed by atoms with E-state index in [9.17, 15) is 4.79 Å². The molecule has 3 nitrogen and oxygen atoms in total. The second-order valence-corrected chi connectivity index (χ2v) is 8.80. The second-order valence-electron chi connectivity index (χ2n) is 7.66. The van der Waals surface area contributed by atoms with E-state index in [0.29, 0.717) is 12.0 Å². The third-order valence-electron chi connectivity index (χ3n) is 5.03. The minimum absolute atomic E-state index is 0.161. The molecule has 2 atom stereocenters. The summed E-state index contributed by atoms with van der Waals surface area (Å²) in [5.41, 5.74) is 7.68. The van der Waals surface area contributed by atoms with Gasteiger partial charge in [-0.1, -0.05) is 20.8 Å². The number of thiophene rings is 1. The molecule has 0 bridgehead atoms. The highest BCUT2D eigenvalue weighted by atomic mass is 32.1. The van der Waals surface area contributed by atoms with Crippen LogP contribution in [0.25, 0.3) is 0 Å². The number of hydrogen-bond acceptors (Lipinski definition) is 3. The van der Waals surface area contributed by atoms with Crippen molar-refractivity contribution in [3.8, 4) is 0 Å². The molecule has 1 fully saturated rings. The molecule has 2 heterocycles. The normalized spacial score (nSPS) is 26.0. The number of likely N-dealkylation sites (tertiary alicyclic amines) is 1. The van der Waals surface area contributed by atoms with Crippen LogP contribution in [0.3, 0.4) is 0 Å². The van der Waals surface area contributed by atoms with E-state index < -0.39 is 0 Å². The lowest BCUT2D eigenvalue weighted by atomic mass is 9.72. The predicted octanol–water partition coefficient (Wildman–Crippen LogP) is 3.07. The van der Waals surface area contributed by atoms with Gasteiger partial charge < -0.3 is 10.6 Å². The average Bonchev–Trinajstić information content (AvgIpc) is 3.01. The van der Waals surface area contributed by atoms with Crippen molar-refractivity contribution >= 4 is 17.2 Å². The lowest BCUT2D eigenvalue weighted by Crippen LogP contribution is -2.31. The van der Waals surface area contributed by atoms with E-state index in [1.807, 2.05) is 4.90 Å². The SMILES string of the molecule is CC(C)(C)C1CCc2sc(C(=O)N3CC[C@@H](N)C3)cc2C1. The van der Waals surface area contributed by atoms with Gasteiger partial charge in [0.2, 0.25) is 0 Å². The summed E-state index contributed by atoms with van der Waals surface area (Å²) in [6.07, 6.45) is 4.44. The van der Waals surface area contributed by atoms with E-state index in [4.69, 9.17) is 5.73 Å². The van der Waals surface area contributed by atoms with Gasteiger partial charge >= 0.3 is 0 Å². The number of nitrogens with two attached hydrogens (primary N) is 1. The molecule has 1 unspecified atom stereocenters. The Morgan fingerprint density at radius 3 is 2.76 bits per heavy atom. The minimum atomic E-state index is 0.161. The molecule has 1 aliphatic heterocycles. The Morgan fingerprint density at radius 1 is 1.38 bits per heavy atom. The summed E-state index contributed by atoms with van der Waals surface area (Å²) in [5, 5.41) is 0. The van der Waals surface area contributed by atoms with Crippen LogP contribution in [0.15, 0.2) is 6.07 Å². The van der Waals surface area contributed by atoms with Crippen LogP contribution in [-0.2, 0) is 12.8 Å². The van der Waals surface area contributed by atoms with Crippen molar-refractivity contribution in [3.05, 3.63) is 21.4 Å². The Hall–Kier alpha value is -0.870. The third kappa shape index (κ3) is 3.02. The molecule has 1 saturated heterocycles. The maximum absolute atomic E-state index is 12.6.